The van der Waals surface area contributed by atoms with Gasteiger partial charge >= 0.3 is 0 Å². The van der Waals surface area contributed by atoms with Gasteiger partial charge in [0.15, 0.2) is 0 Å². The molecule has 0 N–H and O–H groups in total. The summed E-state index contributed by atoms with van der Waals surface area (Å²) in [6, 6.07) is 0. The summed E-state index contributed by atoms with van der Waals surface area (Å²) in [4.78, 5) is 2.29. The lowest BCUT2D eigenvalue weighted by molar-refractivity contribution is -0.00580. The summed E-state index contributed by atoms with van der Waals surface area (Å²) in [6.45, 7) is 20.2. The zero-order valence-corrected chi connectivity index (χ0v) is 24.1. The summed E-state index contributed by atoms with van der Waals surface area (Å²) in [5.74, 6) is 0. The third kappa shape index (κ3) is 31.7. The normalized spacial score (nSPS) is 11.7. The molecule has 0 aromatic carbocycles. The molecule has 0 bridgehead atoms. The monoisotopic (exact) mass is 539 g/mol. The van der Waals surface area contributed by atoms with E-state index in [1.165, 1.54) is 0 Å². The molecule has 0 aromatic rings. The zero-order valence-electron chi connectivity index (χ0n) is 24.1. The van der Waals surface area contributed by atoms with Crippen LogP contribution in [0.1, 0.15) is 40.0 Å². The van der Waals surface area contributed by atoms with Crippen molar-refractivity contribution in [3.63, 3.8) is 0 Å². The van der Waals surface area contributed by atoms with E-state index < -0.39 is 0 Å². The van der Waals surface area contributed by atoms with Crippen LogP contribution in [-0.2, 0) is 42.6 Å². The van der Waals surface area contributed by atoms with E-state index in [0.29, 0.717) is 99.1 Å². The molecule has 0 radical (unpaired) electrons. The van der Waals surface area contributed by atoms with Crippen LogP contribution >= 0.6 is 0 Å². The molecule has 0 atom stereocenters. The van der Waals surface area contributed by atoms with Crippen molar-refractivity contribution in [2.75, 3.05) is 139 Å². The van der Waals surface area contributed by atoms with Gasteiger partial charge in [0.05, 0.1) is 99.1 Å². The number of hydrogen-bond donors (Lipinski definition) is 0. The topological polar surface area (TPSA) is 86.3 Å². The first kappa shape index (κ1) is 36.6. The van der Waals surface area contributed by atoms with Crippen LogP contribution in [0.3, 0.4) is 0 Å². The number of rotatable bonds is 33. The van der Waals surface area contributed by atoms with Crippen molar-refractivity contribution < 1.29 is 42.6 Å². The maximum absolute atomic E-state index is 5.74. The van der Waals surface area contributed by atoms with Crippen molar-refractivity contribution in [3.8, 4) is 0 Å². The molecule has 224 valence electrons. The lowest BCUT2D eigenvalue weighted by Gasteiger charge is -2.22. The molecule has 0 saturated heterocycles. The molecule has 10 heteroatoms. The highest BCUT2D eigenvalue weighted by Crippen LogP contribution is 1.93. The Balaban J connectivity index is 3.87. The molecule has 0 spiro atoms. The van der Waals surface area contributed by atoms with Gasteiger partial charge in [-0.1, -0.05) is 20.8 Å². The molecule has 0 aliphatic carbocycles. The molecule has 37 heavy (non-hydrogen) atoms. The minimum atomic E-state index is 0.577. The van der Waals surface area contributed by atoms with Crippen LogP contribution in [0.5, 0.6) is 0 Å². The molecule has 0 saturated carbocycles. The quantitative estimate of drug-likeness (QED) is 0.116. The summed E-state index contributed by atoms with van der Waals surface area (Å²) in [7, 11) is 0. The summed E-state index contributed by atoms with van der Waals surface area (Å²) >= 11 is 0. The predicted molar refractivity (Wildman–Crippen MR) is 145 cm³/mol. The van der Waals surface area contributed by atoms with Gasteiger partial charge in [0.1, 0.15) is 0 Å². The second-order valence-electron chi connectivity index (χ2n) is 8.35. The summed E-state index contributed by atoms with van der Waals surface area (Å²) in [6.07, 6.45) is 3.08. The second-order valence-corrected chi connectivity index (χ2v) is 8.35. The second kappa shape index (κ2) is 33.6. The molecular formula is C27H57NO9. The van der Waals surface area contributed by atoms with Crippen molar-refractivity contribution in [2.45, 2.75) is 40.0 Å². The van der Waals surface area contributed by atoms with E-state index in [2.05, 4.69) is 25.7 Å². The van der Waals surface area contributed by atoms with Gasteiger partial charge in [0, 0.05) is 39.5 Å². The van der Waals surface area contributed by atoms with Crippen LogP contribution in [0.15, 0.2) is 0 Å². The number of ether oxygens (including phenoxy) is 9. The lowest BCUT2D eigenvalue weighted by Crippen LogP contribution is -2.34. The highest BCUT2D eigenvalue weighted by Gasteiger charge is 2.06. The Hall–Kier alpha value is -0.400. The molecule has 0 rings (SSSR count). The Labute approximate surface area is 226 Å². The highest BCUT2D eigenvalue weighted by atomic mass is 16.6. The summed E-state index contributed by atoms with van der Waals surface area (Å²) in [5.41, 5.74) is 0. The predicted octanol–water partition coefficient (Wildman–Crippen LogP) is 2.67. The third-order valence-corrected chi connectivity index (χ3v) is 4.93. The Morgan fingerprint density at radius 3 is 0.676 bits per heavy atom. The number of nitrogens with zero attached hydrogens (tertiary/aromatic N) is 1. The minimum absolute atomic E-state index is 0.577. The van der Waals surface area contributed by atoms with Crippen LogP contribution in [0.4, 0.5) is 0 Å². The molecule has 0 unspecified atom stereocenters. The van der Waals surface area contributed by atoms with E-state index in [4.69, 9.17) is 42.6 Å². The van der Waals surface area contributed by atoms with E-state index >= 15 is 0 Å². The third-order valence-electron chi connectivity index (χ3n) is 4.93. The van der Waals surface area contributed by atoms with Gasteiger partial charge in [-0.25, -0.2) is 0 Å². The van der Waals surface area contributed by atoms with Gasteiger partial charge in [0.25, 0.3) is 0 Å². The molecule has 0 aliphatic rings. The molecule has 0 aromatic heterocycles. The molecule has 10 nitrogen and oxygen atoms in total. The number of hydrogen-bond acceptors (Lipinski definition) is 10. The van der Waals surface area contributed by atoms with Gasteiger partial charge < -0.3 is 42.6 Å². The fourth-order valence-electron chi connectivity index (χ4n) is 2.98. The highest BCUT2D eigenvalue weighted by molar-refractivity contribution is 4.57. The van der Waals surface area contributed by atoms with E-state index in [1.54, 1.807) is 0 Å². The average molecular weight is 540 g/mol. The first-order valence-electron chi connectivity index (χ1n) is 14.3. The molecule has 0 fully saturated rings. The SMILES string of the molecule is CCCOCCOCCOCCN(CCOCCOCCOCCC)CCOCCOCCOCCC. The fourth-order valence-corrected chi connectivity index (χ4v) is 2.98. The van der Waals surface area contributed by atoms with Crippen molar-refractivity contribution in [2.24, 2.45) is 0 Å². The van der Waals surface area contributed by atoms with Gasteiger partial charge in [-0.3, -0.25) is 4.90 Å². The zero-order chi connectivity index (χ0) is 26.9. The first-order valence-corrected chi connectivity index (χ1v) is 14.3. The molecule has 0 amide bonds. The Kier molecular flexibility index (Phi) is 33.3. The molecule has 0 aliphatic heterocycles. The van der Waals surface area contributed by atoms with Crippen LogP contribution in [-0.4, -0.2) is 143 Å². The Morgan fingerprint density at radius 1 is 0.270 bits per heavy atom. The maximum Gasteiger partial charge on any atom is 0.0701 e. The lowest BCUT2D eigenvalue weighted by atomic mass is 10.4. The Bertz CT molecular complexity index is 351. The summed E-state index contributed by atoms with van der Waals surface area (Å²) in [5, 5.41) is 0. The van der Waals surface area contributed by atoms with E-state index in [1.807, 2.05) is 0 Å². The molecule has 0 heterocycles. The Morgan fingerprint density at radius 2 is 0.459 bits per heavy atom. The van der Waals surface area contributed by atoms with Crippen LogP contribution < -0.4 is 0 Å². The van der Waals surface area contributed by atoms with Crippen molar-refractivity contribution in [1.82, 2.24) is 4.90 Å². The van der Waals surface area contributed by atoms with Crippen LogP contribution in [0.2, 0.25) is 0 Å². The van der Waals surface area contributed by atoms with Crippen molar-refractivity contribution in [3.05, 3.63) is 0 Å². The first-order chi connectivity index (χ1) is 18.3. The van der Waals surface area contributed by atoms with Gasteiger partial charge in [-0.05, 0) is 19.3 Å². The van der Waals surface area contributed by atoms with Crippen LogP contribution in [0, 0.1) is 0 Å². The van der Waals surface area contributed by atoms with Crippen molar-refractivity contribution in [1.29, 1.82) is 0 Å². The van der Waals surface area contributed by atoms with Crippen molar-refractivity contribution >= 4 is 0 Å². The van der Waals surface area contributed by atoms with E-state index in [-0.39, 0.29) is 0 Å². The standard InChI is InChI=1S/C27H57NO9/c1-4-10-29-16-22-35-25-19-32-13-7-28(8-14-33-20-26-36-23-17-30-11-5-2)9-15-34-21-27-37-24-18-31-12-6-3/h4-27H2,1-3H3. The van der Waals surface area contributed by atoms with Crippen LogP contribution in [0.25, 0.3) is 0 Å². The van der Waals surface area contributed by atoms with Gasteiger partial charge in [0.2, 0.25) is 0 Å². The summed E-state index contributed by atoms with van der Waals surface area (Å²) < 4.78 is 50.0. The molecular weight excluding hydrogens is 482 g/mol. The van der Waals surface area contributed by atoms with E-state index in [9.17, 15) is 0 Å². The van der Waals surface area contributed by atoms with Gasteiger partial charge in [-0.2, -0.15) is 0 Å². The van der Waals surface area contributed by atoms with E-state index in [0.717, 1.165) is 58.7 Å². The maximum atomic E-state index is 5.74. The average Bonchev–Trinajstić information content (AvgIpc) is 2.91. The smallest absolute Gasteiger partial charge is 0.0701 e. The largest absolute Gasteiger partial charge is 0.379 e. The van der Waals surface area contributed by atoms with Gasteiger partial charge in [-0.15, -0.1) is 0 Å². The fraction of sp³-hybridized carbons (Fsp3) is 1.00. The minimum Gasteiger partial charge on any atom is -0.379 e.